The van der Waals surface area contributed by atoms with Gasteiger partial charge in [-0.2, -0.15) is 5.26 Å². The summed E-state index contributed by atoms with van der Waals surface area (Å²) in [6.07, 6.45) is 1.66. The molecule has 0 spiro atoms. The molecule has 0 unspecified atom stereocenters. The van der Waals surface area contributed by atoms with E-state index in [1.807, 2.05) is 42.5 Å². The van der Waals surface area contributed by atoms with Crippen LogP contribution in [0, 0.1) is 11.3 Å². The predicted molar refractivity (Wildman–Crippen MR) is 81.9 cm³/mol. The van der Waals surface area contributed by atoms with E-state index in [0.717, 1.165) is 29.0 Å². The molecule has 2 aromatic heterocycles. The summed E-state index contributed by atoms with van der Waals surface area (Å²) in [5, 5.41) is 10.2. The van der Waals surface area contributed by atoms with Crippen LogP contribution in [0.25, 0.3) is 10.9 Å². The number of furan rings is 1. The van der Waals surface area contributed by atoms with Crippen LogP contribution >= 0.6 is 0 Å². The van der Waals surface area contributed by atoms with E-state index < -0.39 is 0 Å². The van der Waals surface area contributed by atoms with Gasteiger partial charge in [-0.15, -0.1) is 0 Å². The number of hydrogen-bond donors (Lipinski definition) is 0. The van der Waals surface area contributed by atoms with Crippen molar-refractivity contribution in [1.82, 2.24) is 4.98 Å². The molecule has 0 N–H and O–H groups in total. The molecule has 104 valence electrons. The van der Waals surface area contributed by atoms with Gasteiger partial charge in [0.05, 0.1) is 30.0 Å². The summed E-state index contributed by atoms with van der Waals surface area (Å²) in [5.74, 6) is 1.68. The fourth-order valence-corrected chi connectivity index (χ4v) is 2.36. The van der Waals surface area contributed by atoms with Crippen molar-refractivity contribution in [3.8, 4) is 6.07 Å². The van der Waals surface area contributed by atoms with Crippen molar-refractivity contribution in [1.29, 1.82) is 5.26 Å². The maximum Gasteiger partial charge on any atom is 0.130 e. The molecule has 3 aromatic rings. The summed E-state index contributed by atoms with van der Waals surface area (Å²) in [6, 6.07) is 15.6. The van der Waals surface area contributed by atoms with E-state index >= 15 is 0 Å². The van der Waals surface area contributed by atoms with Gasteiger partial charge >= 0.3 is 0 Å². The van der Waals surface area contributed by atoms with Crippen molar-refractivity contribution in [2.45, 2.75) is 13.5 Å². The van der Waals surface area contributed by atoms with Crippen molar-refractivity contribution in [2.75, 3.05) is 11.4 Å². The Labute approximate surface area is 123 Å². The van der Waals surface area contributed by atoms with Crippen LogP contribution in [0.4, 0.5) is 5.82 Å². The number of pyridine rings is 1. The first-order valence-electron chi connectivity index (χ1n) is 6.89. The second-order valence-corrected chi connectivity index (χ2v) is 4.75. The summed E-state index contributed by atoms with van der Waals surface area (Å²) in [5.41, 5.74) is 1.48. The number of nitriles is 1. The molecule has 1 aromatic carbocycles. The molecule has 2 heterocycles. The Hall–Kier alpha value is -2.80. The zero-order valence-electron chi connectivity index (χ0n) is 11.8. The molecule has 0 amide bonds. The molecule has 3 rings (SSSR count). The minimum atomic E-state index is 0.639. The van der Waals surface area contributed by atoms with E-state index in [2.05, 4.69) is 22.9 Å². The van der Waals surface area contributed by atoms with Crippen molar-refractivity contribution >= 4 is 16.7 Å². The molecule has 0 aliphatic rings. The molecule has 0 bridgehead atoms. The number of rotatable bonds is 4. The minimum Gasteiger partial charge on any atom is -0.467 e. The first-order valence-corrected chi connectivity index (χ1v) is 6.89. The molecule has 0 saturated carbocycles. The van der Waals surface area contributed by atoms with Gasteiger partial charge < -0.3 is 9.32 Å². The Morgan fingerprint density at radius 1 is 1.24 bits per heavy atom. The lowest BCUT2D eigenvalue weighted by Gasteiger charge is -2.21. The maximum atomic E-state index is 9.36. The fraction of sp³-hybridized carbons (Fsp3) is 0.176. The first kappa shape index (κ1) is 13.2. The van der Waals surface area contributed by atoms with Gasteiger partial charge in [-0.3, -0.25) is 0 Å². The van der Waals surface area contributed by atoms with Crippen LogP contribution in [-0.4, -0.2) is 11.5 Å². The van der Waals surface area contributed by atoms with Gasteiger partial charge in [-0.25, -0.2) is 4.98 Å². The average molecular weight is 277 g/mol. The van der Waals surface area contributed by atoms with E-state index in [0.29, 0.717) is 12.1 Å². The lowest BCUT2D eigenvalue weighted by Crippen LogP contribution is -2.23. The average Bonchev–Trinajstić information content (AvgIpc) is 3.04. The standard InChI is InChI=1S/C17H15N3O/c1-2-20(12-14-6-5-9-21-14)17-10-13(11-18)15-7-3-4-8-16(15)19-17/h3-10H,2,12H2,1H3. The van der Waals surface area contributed by atoms with Gasteiger partial charge in [0.1, 0.15) is 11.6 Å². The van der Waals surface area contributed by atoms with Crippen LogP contribution in [0.5, 0.6) is 0 Å². The Balaban J connectivity index is 2.04. The van der Waals surface area contributed by atoms with Crippen LogP contribution in [0.2, 0.25) is 0 Å². The third-order valence-electron chi connectivity index (χ3n) is 3.46. The number of para-hydroxylation sites is 1. The number of anilines is 1. The maximum absolute atomic E-state index is 9.36. The predicted octanol–water partition coefficient (Wildman–Crippen LogP) is 3.73. The Morgan fingerprint density at radius 3 is 2.81 bits per heavy atom. The molecule has 0 saturated heterocycles. The van der Waals surface area contributed by atoms with Crippen molar-refractivity contribution in [3.05, 3.63) is 60.1 Å². The topological polar surface area (TPSA) is 53.1 Å². The second-order valence-electron chi connectivity index (χ2n) is 4.75. The van der Waals surface area contributed by atoms with Crippen LogP contribution in [0.15, 0.2) is 53.1 Å². The highest BCUT2D eigenvalue weighted by Gasteiger charge is 2.12. The summed E-state index contributed by atoms with van der Waals surface area (Å²) in [7, 11) is 0. The third-order valence-corrected chi connectivity index (χ3v) is 3.46. The van der Waals surface area contributed by atoms with Gasteiger partial charge in [-0.1, -0.05) is 18.2 Å². The van der Waals surface area contributed by atoms with Crippen LogP contribution in [-0.2, 0) is 6.54 Å². The highest BCUT2D eigenvalue weighted by atomic mass is 16.3. The number of fused-ring (bicyclic) bond motifs is 1. The Bertz CT molecular complexity index is 787. The molecule has 0 aliphatic carbocycles. The lowest BCUT2D eigenvalue weighted by atomic mass is 10.1. The molecule has 4 nitrogen and oxygen atoms in total. The molecule has 0 fully saturated rings. The van der Waals surface area contributed by atoms with E-state index in [4.69, 9.17) is 4.42 Å². The number of aromatic nitrogens is 1. The van der Waals surface area contributed by atoms with Crippen LogP contribution in [0.1, 0.15) is 18.2 Å². The first-order chi connectivity index (χ1) is 10.3. The highest BCUT2D eigenvalue weighted by molar-refractivity contribution is 5.86. The van der Waals surface area contributed by atoms with E-state index in [1.165, 1.54) is 0 Å². The second kappa shape index (κ2) is 5.68. The van der Waals surface area contributed by atoms with E-state index in [1.54, 1.807) is 6.26 Å². The molecule has 0 radical (unpaired) electrons. The fourth-order valence-electron chi connectivity index (χ4n) is 2.36. The Morgan fingerprint density at radius 2 is 2.10 bits per heavy atom. The summed E-state index contributed by atoms with van der Waals surface area (Å²) in [6.45, 7) is 3.49. The van der Waals surface area contributed by atoms with Gasteiger partial charge in [0.15, 0.2) is 0 Å². The molecule has 0 aliphatic heterocycles. The molecule has 21 heavy (non-hydrogen) atoms. The zero-order chi connectivity index (χ0) is 14.7. The summed E-state index contributed by atoms with van der Waals surface area (Å²) >= 11 is 0. The monoisotopic (exact) mass is 277 g/mol. The molecular formula is C17H15N3O. The molecular weight excluding hydrogens is 262 g/mol. The van der Waals surface area contributed by atoms with Crippen molar-refractivity contribution in [3.63, 3.8) is 0 Å². The SMILES string of the molecule is CCN(Cc1ccco1)c1cc(C#N)c2ccccc2n1. The lowest BCUT2D eigenvalue weighted by molar-refractivity contribution is 0.503. The summed E-state index contributed by atoms with van der Waals surface area (Å²) in [4.78, 5) is 6.76. The smallest absolute Gasteiger partial charge is 0.130 e. The number of nitrogens with zero attached hydrogens (tertiary/aromatic N) is 3. The van der Waals surface area contributed by atoms with Gasteiger partial charge in [0, 0.05) is 11.9 Å². The third kappa shape index (κ3) is 2.59. The van der Waals surface area contributed by atoms with Gasteiger partial charge in [-0.05, 0) is 31.2 Å². The Kier molecular flexibility index (Phi) is 3.57. The van der Waals surface area contributed by atoms with Gasteiger partial charge in [0.25, 0.3) is 0 Å². The number of benzene rings is 1. The van der Waals surface area contributed by atoms with E-state index in [-0.39, 0.29) is 0 Å². The normalized spacial score (nSPS) is 10.5. The van der Waals surface area contributed by atoms with Crippen LogP contribution in [0.3, 0.4) is 0 Å². The molecule has 4 heteroatoms. The minimum absolute atomic E-state index is 0.639. The molecule has 0 atom stereocenters. The van der Waals surface area contributed by atoms with Crippen LogP contribution < -0.4 is 4.90 Å². The zero-order valence-corrected chi connectivity index (χ0v) is 11.8. The quantitative estimate of drug-likeness (QED) is 0.729. The van der Waals surface area contributed by atoms with Crippen molar-refractivity contribution < 1.29 is 4.42 Å². The highest BCUT2D eigenvalue weighted by Crippen LogP contribution is 2.23. The van der Waals surface area contributed by atoms with Crippen molar-refractivity contribution in [2.24, 2.45) is 0 Å². The van der Waals surface area contributed by atoms with Gasteiger partial charge in [0.2, 0.25) is 0 Å². The largest absolute Gasteiger partial charge is 0.467 e. The van der Waals surface area contributed by atoms with E-state index in [9.17, 15) is 5.26 Å². The number of hydrogen-bond acceptors (Lipinski definition) is 4. The summed E-state index contributed by atoms with van der Waals surface area (Å²) < 4.78 is 5.40.